The van der Waals surface area contributed by atoms with Crippen molar-refractivity contribution in [2.24, 2.45) is 0 Å². The summed E-state index contributed by atoms with van der Waals surface area (Å²) < 4.78 is 11.1. The normalized spacial score (nSPS) is 23.2. The molecular formula is C41H73NO9. The molecule has 1 aliphatic rings. The molecule has 10 heteroatoms. The minimum atomic E-state index is -1.62. The largest absolute Gasteiger partial charge is 0.394 e. The number of ether oxygens (including phenoxy) is 2. The second-order valence-corrected chi connectivity index (χ2v) is 13.9. The summed E-state index contributed by atoms with van der Waals surface area (Å²) in [7, 11) is 0. The Morgan fingerprint density at radius 1 is 0.686 bits per heavy atom. The predicted molar refractivity (Wildman–Crippen MR) is 204 cm³/mol. The zero-order valence-corrected chi connectivity index (χ0v) is 31.7. The monoisotopic (exact) mass is 724 g/mol. The lowest BCUT2D eigenvalue weighted by Gasteiger charge is -2.40. The highest BCUT2D eigenvalue weighted by Gasteiger charge is 2.44. The second-order valence-electron chi connectivity index (χ2n) is 13.9. The molecule has 296 valence electrons. The van der Waals surface area contributed by atoms with Gasteiger partial charge in [-0.05, 0) is 57.8 Å². The van der Waals surface area contributed by atoms with Gasteiger partial charge in [-0.1, -0.05) is 133 Å². The maximum atomic E-state index is 12.9. The number of aliphatic hydroxyl groups excluding tert-OH is 6. The molecule has 0 aromatic rings. The fourth-order valence-corrected chi connectivity index (χ4v) is 5.87. The van der Waals surface area contributed by atoms with Gasteiger partial charge in [-0.3, -0.25) is 4.79 Å². The Hall–Kier alpha value is -1.89. The van der Waals surface area contributed by atoms with Crippen LogP contribution >= 0.6 is 0 Å². The van der Waals surface area contributed by atoms with Gasteiger partial charge in [0.25, 0.3) is 0 Å². The van der Waals surface area contributed by atoms with Crippen LogP contribution in [0.5, 0.6) is 0 Å². The maximum Gasteiger partial charge on any atom is 0.249 e. The molecule has 1 aliphatic heterocycles. The lowest BCUT2D eigenvalue weighted by atomic mass is 9.99. The number of carbonyl (C=O) groups excluding carboxylic acids is 1. The van der Waals surface area contributed by atoms with Crippen molar-refractivity contribution in [2.45, 2.75) is 191 Å². The van der Waals surface area contributed by atoms with Crippen molar-refractivity contribution in [2.75, 3.05) is 13.2 Å². The third kappa shape index (κ3) is 22.7. The molecule has 10 nitrogen and oxygen atoms in total. The highest BCUT2D eigenvalue weighted by molar-refractivity contribution is 5.80. The molecule has 1 heterocycles. The molecule has 7 N–H and O–H groups in total. The molecule has 0 aromatic heterocycles. The summed E-state index contributed by atoms with van der Waals surface area (Å²) >= 11 is 0. The highest BCUT2D eigenvalue weighted by Crippen LogP contribution is 2.22. The Labute approximate surface area is 308 Å². The van der Waals surface area contributed by atoms with Crippen molar-refractivity contribution in [1.82, 2.24) is 5.32 Å². The van der Waals surface area contributed by atoms with E-state index >= 15 is 0 Å². The molecule has 1 rings (SSSR count). The highest BCUT2D eigenvalue weighted by atomic mass is 16.7. The second kappa shape index (κ2) is 31.6. The van der Waals surface area contributed by atoms with E-state index in [1.165, 1.54) is 57.8 Å². The van der Waals surface area contributed by atoms with Crippen molar-refractivity contribution in [3.8, 4) is 0 Å². The van der Waals surface area contributed by atoms with E-state index in [0.717, 1.165) is 51.4 Å². The first kappa shape index (κ1) is 47.1. The van der Waals surface area contributed by atoms with Gasteiger partial charge in [-0.15, -0.1) is 0 Å². The Balaban J connectivity index is 2.55. The van der Waals surface area contributed by atoms with Crippen molar-refractivity contribution >= 4 is 5.91 Å². The molecule has 0 spiro atoms. The lowest BCUT2D eigenvalue weighted by Crippen LogP contribution is -2.60. The van der Waals surface area contributed by atoms with Gasteiger partial charge < -0.3 is 45.4 Å². The number of amides is 1. The summed E-state index contributed by atoms with van der Waals surface area (Å²) in [6.45, 7) is 3.49. The van der Waals surface area contributed by atoms with E-state index in [4.69, 9.17) is 9.47 Å². The minimum absolute atomic E-state index is 0.284. The molecule has 0 bridgehead atoms. The third-order valence-corrected chi connectivity index (χ3v) is 9.26. The van der Waals surface area contributed by atoms with E-state index in [0.29, 0.717) is 12.8 Å². The van der Waals surface area contributed by atoms with E-state index in [2.05, 4.69) is 55.6 Å². The van der Waals surface area contributed by atoms with Crippen LogP contribution in [0.15, 0.2) is 48.6 Å². The van der Waals surface area contributed by atoms with E-state index in [1.807, 2.05) is 6.08 Å². The topological polar surface area (TPSA) is 169 Å². The van der Waals surface area contributed by atoms with Crippen LogP contribution in [-0.4, -0.2) is 98.7 Å². The van der Waals surface area contributed by atoms with E-state index in [9.17, 15) is 35.4 Å². The number of nitrogens with one attached hydrogen (secondary N) is 1. The van der Waals surface area contributed by atoms with Gasteiger partial charge in [0.05, 0.1) is 25.4 Å². The molecule has 8 atom stereocenters. The molecule has 0 radical (unpaired) electrons. The lowest BCUT2D eigenvalue weighted by molar-refractivity contribution is -0.302. The van der Waals surface area contributed by atoms with Crippen molar-refractivity contribution < 1.29 is 44.9 Å². The van der Waals surface area contributed by atoms with Crippen LogP contribution in [0.3, 0.4) is 0 Å². The first-order chi connectivity index (χ1) is 24.8. The van der Waals surface area contributed by atoms with Gasteiger partial charge in [0, 0.05) is 0 Å². The Morgan fingerprint density at radius 2 is 1.22 bits per heavy atom. The average molecular weight is 724 g/mol. The van der Waals surface area contributed by atoms with E-state index in [-0.39, 0.29) is 13.0 Å². The van der Waals surface area contributed by atoms with Crippen LogP contribution in [0.2, 0.25) is 0 Å². The quantitative estimate of drug-likeness (QED) is 0.0255. The molecule has 8 unspecified atom stereocenters. The van der Waals surface area contributed by atoms with Crippen LogP contribution in [-0.2, 0) is 14.3 Å². The smallest absolute Gasteiger partial charge is 0.249 e. The molecule has 1 amide bonds. The summed E-state index contributed by atoms with van der Waals surface area (Å²) in [4.78, 5) is 12.9. The first-order valence-corrected chi connectivity index (χ1v) is 20.0. The number of hydrogen-bond donors (Lipinski definition) is 7. The van der Waals surface area contributed by atoms with E-state index < -0.39 is 61.5 Å². The maximum absolute atomic E-state index is 12.9. The van der Waals surface area contributed by atoms with Gasteiger partial charge in [0.2, 0.25) is 5.91 Å². The molecule has 1 saturated heterocycles. The number of aliphatic hydroxyl groups is 6. The summed E-state index contributed by atoms with van der Waals surface area (Å²) in [5.41, 5.74) is 0. The van der Waals surface area contributed by atoms with Gasteiger partial charge in [0.15, 0.2) is 6.29 Å². The number of allylic oxidation sites excluding steroid dienone is 7. The van der Waals surface area contributed by atoms with Crippen molar-refractivity contribution in [3.05, 3.63) is 48.6 Å². The van der Waals surface area contributed by atoms with Gasteiger partial charge >= 0.3 is 0 Å². The first-order valence-electron chi connectivity index (χ1n) is 20.0. The van der Waals surface area contributed by atoms with Crippen LogP contribution in [0.25, 0.3) is 0 Å². The molecule has 51 heavy (non-hydrogen) atoms. The predicted octanol–water partition coefficient (Wildman–Crippen LogP) is 6.08. The zero-order valence-electron chi connectivity index (χ0n) is 31.7. The van der Waals surface area contributed by atoms with Gasteiger partial charge in [-0.25, -0.2) is 0 Å². The number of carbonyl (C=O) groups is 1. The van der Waals surface area contributed by atoms with Gasteiger partial charge in [-0.2, -0.15) is 0 Å². The Morgan fingerprint density at radius 3 is 1.86 bits per heavy atom. The van der Waals surface area contributed by atoms with E-state index in [1.54, 1.807) is 6.08 Å². The van der Waals surface area contributed by atoms with Crippen molar-refractivity contribution in [1.29, 1.82) is 0 Å². The van der Waals surface area contributed by atoms with Crippen LogP contribution in [0.4, 0.5) is 0 Å². The van der Waals surface area contributed by atoms with Crippen molar-refractivity contribution in [3.63, 3.8) is 0 Å². The summed E-state index contributed by atoms with van der Waals surface area (Å²) in [6, 6.07) is -1.00. The Bertz CT molecular complexity index is 953. The SMILES string of the molecule is CCCCC/C=C\C=C/CCCCCCCC(O)C(=O)NC(COC1OC(CO)C(O)C(O)C1O)C(O)/C=C/CC/C=C/CCCCCCCC. The molecule has 0 aromatic carbocycles. The minimum Gasteiger partial charge on any atom is -0.394 e. The summed E-state index contributed by atoms with van der Waals surface area (Å²) in [5, 5.41) is 64.3. The zero-order chi connectivity index (χ0) is 37.5. The molecule has 0 aliphatic carbocycles. The third-order valence-electron chi connectivity index (χ3n) is 9.26. The van der Waals surface area contributed by atoms with Gasteiger partial charge in [0.1, 0.15) is 30.5 Å². The fraction of sp³-hybridized carbons (Fsp3) is 0.780. The van der Waals surface area contributed by atoms with Crippen LogP contribution in [0.1, 0.15) is 142 Å². The van der Waals surface area contributed by atoms with Crippen LogP contribution in [0, 0.1) is 0 Å². The van der Waals surface area contributed by atoms with Crippen LogP contribution < -0.4 is 5.32 Å². The molecule has 0 saturated carbocycles. The molecule has 1 fully saturated rings. The average Bonchev–Trinajstić information content (AvgIpc) is 3.13. The fourth-order valence-electron chi connectivity index (χ4n) is 5.87. The Kier molecular flexibility index (Phi) is 29.2. The summed E-state index contributed by atoms with van der Waals surface area (Å²) in [5.74, 6) is -0.643. The standard InChI is InChI=1S/C41H73NO9/c1-3-5-7-9-11-13-15-17-18-20-22-24-26-28-30-35(45)40(49)42-33(32-50-41-39(48)38(47)37(46)36(31-43)51-41)34(44)29-27-25-23-21-19-16-14-12-10-8-6-4-2/h11,13,15,17,19,21,27,29,33-39,41,43-48H,3-10,12,14,16,18,20,22-26,28,30-32H2,1-2H3,(H,42,49)/b13-11-,17-15-,21-19+,29-27+. The molecular weight excluding hydrogens is 650 g/mol. The number of hydrogen-bond acceptors (Lipinski definition) is 9. The summed E-state index contributed by atoms with van der Waals surface area (Å²) in [6.07, 6.45) is 27.7. The number of rotatable bonds is 31. The number of unbranched alkanes of at least 4 members (excludes halogenated alkanes) is 15.